The van der Waals surface area contributed by atoms with Crippen molar-refractivity contribution in [2.24, 2.45) is 0 Å². The van der Waals surface area contributed by atoms with Gasteiger partial charge < -0.3 is 0 Å². The van der Waals surface area contributed by atoms with Crippen LogP contribution in [0.5, 0.6) is 0 Å². The summed E-state index contributed by atoms with van der Waals surface area (Å²) < 4.78 is 0. The number of aromatic nitrogens is 1. The monoisotopic (exact) mass is 249 g/mol. The molecule has 0 fully saturated rings. The molecule has 0 spiro atoms. The highest BCUT2D eigenvalue weighted by atomic mass is 35.5. The van der Waals surface area contributed by atoms with E-state index in [-0.39, 0.29) is 0 Å². The zero-order valence-electron chi connectivity index (χ0n) is 8.98. The fraction of sp³-hybridized carbons (Fsp3) is 0.154. The lowest BCUT2D eigenvalue weighted by Gasteiger charge is -2.02. The molecule has 16 heavy (non-hydrogen) atoms. The molecule has 0 aliphatic heterocycles. The molecular formula is C13H12ClNS. The molecule has 0 aliphatic carbocycles. The lowest BCUT2D eigenvalue weighted by molar-refractivity contribution is 1.27. The van der Waals surface area contributed by atoms with E-state index in [9.17, 15) is 0 Å². The summed E-state index contributed by atoms with van der Waals surface area (Å²) in [6.07, 6.45) is 1.74. The highest BCUT2D eigenvalue weighted by Gasteiger charge is 1.97. The summed E-state index contributed by atoms with van der Waals surface area (Å²) in [5, 5.41) is 0.557. The van der Waals surface area contributed by atoms with Crippen molar-refractivity contribution in [2.45, 2.75) is 17.6 Å². The van der Waals surface area contributed by atoms with E-state index in [0.717, 1.165) is 5.75 Å². The highest BCUT2D eigenvalue weighted by Crippen LogP contribution is 2.23. The molecule has 1 heterocycles. The van der Waals surface area contributed by atoms with Crippen molar-refractivity contribution in [1.82, 2.24) is 4.98 Å². The Morgan fingerprint density at radius 2 is 1.94 bits per heavy atom. The standard InChI is InChI=1S/C13H12ClNS/c1-10-2-4-12(5-3-10)16-9-11-6-7-15-13(14)8-11/h2-8H,9H2,1H3. The van der Waals surface area contributed by atoms with Gasteiger partial charge in [0.15, 0.2) is 0 Å². The van der Waals surface area contributed by atoms with Crippen LogP contribution in [0.3, 0.4) is 0 Å². The fourth-order valence-electron chi connectivity index (χ4n) is 1.33. The smallest absolute Gasteiger partial charge is 0.129 e. The number of halogens is 1. The van der Waals surface area contributed by atoms with Crippen molar-refractivity contribution in [2.75, 3.05) is 0 Å². The Labute approximate surface area is 105 Å². The van der Waals surface area contributed by atoms with E-state index < -0.39 is 0 Å². The summed E-state index contributed by atoms with van der Waals surface area (Å²) in [6.45, 7) is 2.09. The molecule has 82 valence electrons. The van der Waals surface area contributed by atoms with Crippen LogP contribution in [-0.4, -0.2) is 4.98 Å². The first-order chi connectivity index (χ1) is 7.74. The number of thioether (sulfide) groups is 1. The van der Waals surface area contributed by atoms with Crippen LogP contribution in [-0.2, 0) is 5.75 Å². The van der Waals surface area contributed by atoms with Crippen molar-refractivity contribution in [3.8, 4) is 0 Å². The lowest BCUT2D eigenvalue weighted by Crippen LogP contribution is -1.82. The Balaban J connectivity index is 1.99. The van der Waals surface area contributed by atoms with Crippen LogP contribution >= 0.6 is 23.4 Å². The topological polar surface area (TPSA) is 12.9 Å². The number of pyridine rings is 1. The van der Waals surface area contributed by atoms with Gasteiger partial charge in [0.05, 0.1) is 0 Å². The van der Waals surface area contributed by atoms with Gasteiger partial charge in [0.1, 0.15) is 5.15 Å². The minimum absolute atomic E-state index is 0.557. The fourth-order valence-corrected chi connectivity index (χ4v) is 2.37. The Morgan fingerprint density at radius 1 is 1.19 bits per heavy atom. The summed E-state index contributed by atoms with van der Waals surface area (Å²) in [6, 6.07) is 12.4. The maximum absolute atomic E-state index is 5.83. The van der Waals surface area contributed by atoms with E-state index in [0.29, 0.717) is 5.15 Å². The van der Waals surface area contributed by atoms with Gasteiger partial charge in [-0.25, -0.2) is 4.98 Å². The number of aryl methyl sites for hydroxylation is 1. The Morgan fingerprint density at radius 3 is 2.62 bits per heavy atom. The maximum Gasteiger partial charge on any atom is 0.129 e. The van der Waals surface area contributed by atoms with E-state index in [1.165, 1.54) is 16.0 Å². The molecule has 0 unspecified atom stereocenters. The minimum Gasteiger partial charge on any atom is -0.245 e. The third-order valence-electron chi connectivity index (χ3n) is 2.22. The van der Waals surface area contributed by atoms with Gasteiger partial charge in [-0.2, -0.15) is 0 Å². The van der Waals surface area contributed by atoms with Gasteiger partial charge in [0, 0.05) is 16.8 Å². The lowest BCUT2D eigenvalue weighted by atomic mass is 10.2. The van der Waals surface area contributed by atoms with Gasteiger partial charge in [0.25, 0.3) is 0 Å². The number of hydrogen-bond acceptors (Lipinski definition) is 2. The van der Waals surface area contributed by atoms with Crippen molar-refractivity contribution in [3.63, 3.8) is 0 Å². The van der Waals surface area contributed by atoms with Crippen LogP contribution in [0.1, 0.15) is 11.1 Å². The first-order valence-corrected chi connectivity index (χ1v) is 6.40. The van der Waals surface area contributed by atoms with Crippen LogP contribution < -0.4 is 0 Å². The normalized spacial score (nSPS) is 10.4. The quantitative estimate of drug-likeness (QED) is 0.593. The summed E-state index contributed by atoms with van der Waals surface area (Å²) >= 11 is 7.63. The Kier molecular flexibility index (Phi) is 3.86. The Bertz CT molecular complexity index is 468. The zero-order chi connectivity index (χ0) is 11.4. The summed E-state index contributed by atoms with van der Waals surface area (Å²) in [5.74, 6) is 0.922. The molecule has 0 radical (unpaired) electrons. The number of nitrogens with zero attached hydrogens (tertiary/aromatic N) is 1. The molecular weight excluding hydrogens is 238 g/mol. The third kappa shape index (κ3) is 3.26. The van der Waals surface area contributed by atoms with E-state index in [1.54, 1.807) is 18.0 Å². The predicted molar refractivity (Wildman–Crippen MR) is 70.0 cm³/mol. The van der Waals surface area contributed by atoms with Crippen LogP contribution in [0.4, 0.5) is 0 Å². The summed E-state index contributed by atoms with van der Waals surface area (Å²) in [7, 11) is 0. The van der Waals surface area contributed by atoms with Crippen molar-refractivity contribution >= 4 is 23.4 Å². The number of rotatable bonds is 3. The molecule has 0 N–H and O–H groups in total. The zero-order valence-corrected chi connectivity index (χ0v) is 10.6. The SMILES string of the molecule is Cc1ccc(SCc2ccnc(Cl)c2)cc1. The largest absolute Gasteiger partial charge is 0.245 e. The average Bonchev–Trinajstić information content (AvgIpc) is 2.28. The molecule has 2 rings (SSSR count). The van der Waals surface area contributed by atoms with E-state index >= 15 is 0 Å². The second-order valence-electron chi connectivity index (χ2n) is 3.59. The average molecular weight is 250 g/mol. The molecule has 0 amide bonds. The van der Waals surface area contributed by atoms with Gasteiger partial charge in [-0.15, -0.1) is 11.8 Å². The Hall–Kier alpha value is -0.990. The van der Waals surface area contributed by atoms with Gasteiger partial charge >= 0.3 is 0 Å². The maximum atomic E-state index is 5.83. The number of benzene rings is 1. The van der Waals surface area contributed by atoms with Gasteiger partial charge in [-0.05, 0) is 36.8 Å². The van der Waals surface area contributed by atoms with Crippen LogP contribution in [0.2, 0.25) is 5.15 Å². The van der Waals surface area contributed by atoms with Crippen molar-refractivity contribution < 1.29 is 0 Å². The first kappa shape index (κ1) is 11.5. The summed E-state index contributed by atoms with van der Waals surface area (Å²) in [4.78, 5) is 5.24. The van der Waals surface area contributed by atoms with E-state index in [1.807, 2.05) is 12.1 Å². The predicted octanol–water partition coefficient (Wildman–Crippen LogP) is 4.34. The third-order valence-corrected chi connectivity index (χ3v) is 3.51. The van der Waals surface area contributed by atoms with E-state index in [4.69, 9.17) is 11.6 Å². The van der Waals surface area contributed by atoms with Crippen molar-refractivity contribution in [1.29, 1.82) is 0 Å². The molecule has 0 atom stereocenters. The molecule has 0 saturated heterocycles. The van der Waals surface area contributed by atoms with Crippen LogP contribution in [0.25, 0.3) is 0 Å². The second kappa shape index (κ2) is 5.37. The second-order valence-corrected chi connectivity index (χ2v) is 5.02. The van der Waals surface area contributed by atoms with Crippen LogP contribution in [0, 0.1) is 6.92 Å². The van der Waals surface area contributed by atoms with E-state index in [2.05, 4.69) is 36.2 Å². The highest BCUT2D eigenvalue weighted by molar-refractivity contribution is 7.98. The molecule has 0 bridgehead atoms. The van der Waals surface area contributed by atoms with Gasteiger partial charge in [0.2, 0.25) is 0 Å². The molecule has 1 aromatic carbocycles. The molecule has 1 aromatic heterocycles. The first-order valence-electron chi connectivity index (χ1n) is 5.04. The van der Waals surface area contributed by atoms with Gasteiger partial charge in [-0.1, -0.05) is 29.3 Å². The van der Waals surface area contributed by atoms with Crippen molar-refractivity contribution in [3.05, 3.63) is 58.9 Å². The van der Waals surface area contributed by atoms with Gasteiger partial charge in [-0.3, -0.25) is 0 Å². The van der Waals surface area contributed by atoms with Crippen LogP contribution in [0.15, 0.2) is 47.5 Å². The molecule has 0 saturated carbocycles. The molecule has 1 nitrogen and oxygen atoms in total. The molecule has 3 heteroatoms. The minimum atomic E-state index is 0.557. The molecule has 0 aliphatic rings. The number of hydrogen-bond donors (Lipinski definition) is 0. The summed E-state index contributed by atoms with van der Waals surface area (Å²) in [5.41, 5.74) is 2.49. The molecule has 2 aromatic rings.